The number of ether oxygens (including phenoxy) is 5. The molecule has 1 aliphatic carbocycles. The van der Waals surface area contributed by atoms with E-state index in [1.54, 1.807) is 12.0 Å². The predicted octanol–water partition coefficient (Wildman–Crippen LogP) is 2.24. The molecule has 0 aromatic heterocycles. The monoisotopic (exact) mass is 438 g/mol. The molecule has 0 radical (unpaired) electrons. The van der Waals surface area contributed by atoms with Crippen molar-refractivity contribution >= 4 is 12.2 Å². The molecule has 1 saturated carbocycles. The van der Waals surface area contributed by atoms with Crippen LogP contribution in [0.5, 0.6) is 0 Å². The van der Waals surface area contributed by atoms with Gasteiger partial charge in [0.2, 0.25) is 0 Å². The van der Waals surface area contributed by atoms with Crippen molar-refractivity contribution in [3.05, 3.63) is 11.6 Å². The van der Waals surface area contributed by atoms with Crippen molar-refractivity contribution in [3.63, 3.8) is 0 Å². The van der Waals surface area contributed by atoms with E-state index < -0.39 is 12.2 Å². The minimum Gasteiger partial charge on any atom is -0.443 e. The summed E-state index contributed by atoms with van der Waals surface area (Å²) in [6.45, 7) is 7.64. The lowest BCUT2D eigenvalue weighted by Gasteiger charge is -2.44. The van der Waals surface area contributed by atoms with Crippen LogP contribution in [0.2, 0.25) is 0 Å². The first-order valence-electron chi connectivity index (χ1n) is 11.0. The van der Waals surface area contributed by atoms with Gasteiger partial charge in [-0.2, -0.15) is 0 Å². The zero-order valence-electron chi connectivity index (χ0n) is 19.0. The van der Waals surface area contributed by atoms with Gasteiger partial charge in [-0.1, -0.05) is 11.6 Å². The summed E-state index contributed by atoms with van der Waals surface area (Å²) < 4.78 is 29.0. The van der Waals surface area contributed by atoms with Crippen LogP contribution in [0.3, 0.4) is 0 Å². The highest BCUT2D eigenvalue weighted by molar-refractivity contribution is 5.70. The second-order valence-electron chi connectivity index (χ2n) is 9.48. The zero-order chi connectivity index (χ0) is 22.4. The number of carbonyl (C=O) groups is 2. The van der Waals surface area contributed by atoms with Crippen LogP contribution in [-0.2, 0) is 23.7 Å². The van der Waals surface area contributed by atoms with E-state index in [1.807, 2.05) is 0 Å². The second-order valence-corrected chi connectivity index (χ2v) is 9.48. The molecule has 3 aliphatic heterocycles. The molecule has 0 aromatic rings. The van der Waals surface area contributed by atoms with Crippen molar-refractivity contribution in [1.82, 2.24) is 10.2 Å². The topological polar surface area (TPSA) is 102 Å². The highest BCUT2D eigenvalue weighted by Gasteiger charge is 2.72. The van der Waals surface area contributed by atoms with E-state index in [9.17, 15) is 9.59 Å². The van der Waals surface area contributed by atoms with Crippen LogP contribution in [0.25, 0.3) is 0 Å². The van der Waals surface area contributed by atoms with E-state index >= 15 is 0 Å². The number of epoxide rings is 2. The van der Waals surface area contributed by atoms with E-state index in [-0.39, 0.29) is 41.5 Å². The third kappa shape index (κ3) is 4.27. The first-order chi connectivity index (χ1) is 14.7. The molecule has 3 saturated heterocycles. The molecule has 0 aromatic carbocycles. The normalized spacial score (nSPS) is 38.8. The van der Waals surface area contributed by atoms with Gasteiger partial charge in [-0.3, -0.25) is 0 Å². The molecule has 9 nitrogen and oxygen atoms in total. The van der Waals surface area contributed by atoms with Gasteiger partial charge >= 0.3 is 12.2 Å². The number of alkyl carbamates (subject to hydrolysis) is 1. The predicted molar refractivity (Wildman–Crippen MR) is 111 cm³/mol. The Labute approximate surface area is 183 Å². The van der Waals surface area contributed by atoms with Crippen molar-refractivity contribution in [3.8, 4) is 0 Å². The van der Waals surface area contributed by atoms with Crippen LogP contribution in [0.1, 0.15) is 40.0 Å². The summed E-state index contributed by atoms with van der Waals surface area (Å²) >= 11 is 0. The molecule has 4 rings (SSSR count). The van der Waals surface area contributed by atoms with Crippen molar-refractivity contribution in [2.75, 3.05) is 33.9 Å². The SMILES string of the molecule is CNC(=O)OC1CN(C(=O)OC2CCC3(CO3)C([C@@]3(C)O[C@@H]3CC=C(C)C)C2OC)C1. The average Bonchev–Trinajstić information content (AvgIpc) is 3.61. The maximum atomic E-state index is 12.7. The van der Waals surface area contributed by atoms with Gasteiger partial charge in [0.05, 0.1) is 31.7 Å². The molecule has 3 heterocycles. The molecule has 4 unspecified atom stereocenters. The smallest absolute Gasteiger partial charge is 0.410 e. The number of likely N-dealkylation sites (tertiary alicyclic amines) is 1. The molecule has 4 fully saturated rings. The standard InChI is InChI=1S/C22H34N2O7/c1-13(2)6-7-16-21(3,31-16)18-17(27-5)15(8-9-22(18)12-28-22)30-20(26)24-10-14(11-24)29-19(25)23-4/h6,14-18H,7-12H2,1-5H3,(H,23,25)/t15?,16-,17?,18?,21+,22?/m1/s1. The molecule has 4 aliphatic rings. The van der Waals surface area contributed by atoms with Crippen molar-refractivity contribution in [1.29, 1.82) is 0 Å². The Morgan fingerprint density at radius 2 is 1.97 bits per heavy atom. The lowest BCUT2D eigenvalue weighted by atomic mass is 9.68. The summed E-state index contributed by atoms with van der Waals surface area (Å²) in [4.78, 5) is 25.5. The summed E-state index contributed by atoms with van der Waals surface area (Å²) in [6, 6.07) is 0. The molecular formula is C22H34N2O7. The maximum absolute atomic E-state index is 12.7. The minimum atomic E-state index is -0.498. The number of amides is 2. The number of hydrogen-bond donors (Lipinski definition) is 1. The van der Waals surface area contributed by atoms with Gasteiger partial charge < -0.3 is 33.9 Å². The maximum Gasteiger partial charge on any atom is 0.410 e. The molecule has 31 heavy (non-hydrogen) atoms. The Morgan fingerprint density at radius 3 is 2.55 bits per heavy atom. The highest BCUT2D eigenvalue weighted by Crippen LogP contribution is 2.59. The Bertz CT molecular complexity index is 742. The van der Waals surface area contributed by atoms with Crippen LogP contribution in [0.15, 0.2) is 11.6 Å². The van der Waals surface area contributed by atoms with Gasteiger partial charge in [-0.15, -0.1) is 0 Å². The third-order valence-electron chi connectivity index (χ3n) is 7.07. The summed E-state index contributed by atoms with van der Waals surface area (Å²) in [6.07, 6.45) is 2.77. The van der Waals surface area contributed by atoms with E-state index in [0.29, 0.717) is 26.1 Å². The summed E-state index contributed by atoms with van der Waals surface area (Å²) in [7, 11) is 3.16. The van der Waals surface area contributed by atoms with Gasteiger partial charge in [-0.25, -0.2) is 9.59 Å². The lowest BCUT2D eigenvalue weighted by Crippen LogP contribution is -2.59. The van der Waals surface area contributed by atoms with E-state index in [1.165, 1.54) is 12.6 Å². The number of rotatable bonds is 6. The van der Waals surface area contributed by atoms with Crippen molar-refractivity contribution in [2.45, 2.75) is 75.7 Å². The first kappa shape index (κ1) is 22.4. The van der Waals surface area contributed by atoms with Crippen LogP contribution < -0.4 is 5.32 Å². The molecule has 0 bridgehead atoms. The molecule has 9 heteroatoms. The molecule has 6 atom stereocenters. The minimum absolute atomic E-state index is 0.00663. The fourth-order valence-corrected chi connectivity index (χ4v) is 5.15. The van der Waals surface area contributed by atoms with Crippen LogP contribution in [-0.4, -0.2) is 86.6 Å². The number of hydrogen-bond acceptors (Lipinski definition) is 7. The Kier molecular flexibility index (Phi) is 5.95. The fourth-order valence-electron chi connectivity index (χ4n) is 5.15. The third-order valence-corrected chi connectivity index (χ3v) is 7.07. The molecule has 174 valence electrons. The van der Waals surface area contributed by atoms with Gasteiger partial charge in [0.1, 0.15) is 29.5 Å². The largest absolute Gasteiger partial charge is 0.443 e. The lowest BCUT2D eigenvalue weighted by molar-refractivity contribution is -0.126. The Hall–Kier alpha value is -1.84. The number of allylic oxidation sites excluding steroid dienone is 1. The fraction of sp³-hybridized carbons (Fsp3) is 0.818. The Morgan fingerprint density at radius 1 is 1.26 bits per heavy atom. The zero-order valence-corrected chi connectivity index (χ0v) is 19.0. The van der Waals surface area contributed by atoms with Crippen molar-refractivity contribution in [2.24, 2.45) is 5.92 Å². The quantitative estimate of drug-likeness (QED) is 0.501. The summed E-state index contributed by atoms with van der Waals surface area (Å²) in [5.74, 6) is -0.00663. The number of nitrogens with one attached hydrogen (secondary N) is 1. The van der Waals surface area contributed by atoms with Gasteiger partial charge in [-0.05, 0) is 40.0 Å². The first-order valence-corrected chi connectivity index (χ1v) is 11.0. The van der Waals surface area contributed by atoms with Crippen molar-refractivity contribution < 1.29 is 33.3 Å². The number of carbonyl (C=O) groups excluding carboxylic acids is 2. The highest BCUT2D eigenvalue weighted by atomic mass is 16.6. The summed E-state index contributed by atoms with van der Waals surface area (Å²) in [5.41, 5.74) is 0.654. The van der Waals surface area contributed by atoms with Crippen LogP contribution in [0.4, 0.5) is 9.59 Å². The molecule has 1 N–H and O–H groups in total. The van der Waals surface area contributed by atoms with E-state index in [2.05, 4.69) is 32.2 Å². The molecule has 2 amide bonds. The average molecular weight is 439 g/mol. The van der Waals surface area contributed by atoms with Crippen LogP contribution in [0, 0.1) is 5.92 Å². The van der Waals surface area contributed by atoms with Gasteiger partial charge in [0, 0.05) is 14.2 Å². The molecule has 1 spiro atoms. The second kappa shape index (κ2) is 8.26. The summed E-state index contributed by atoms with van der Waals surface area (Å²) in [5, 5.41) is 2.40. The van der Waals surface area contributed by atoms with E-state index in [0.717, 1.165) is 12.8 Å². The molecular weight excluding hydrogens is 404 g/mol. The number of methoxy groups -OCH3 is 1. The van der Waals surface area contributed by atoms with Crippen LogP contribution >= 0.6 is 0 Å². The van der Waals surface area contributed by atoms with Gasteiger partial charge in [0.15, 0.2) is 0 Å². The van der Waals surface area contributed by atoms with Gasteiger partial charge in [0.25, 0.3) is 0 Å². The Balaban J connectivity index is 1.38. The van der Waals surface area contributed by atoms with E-state index in [4.69, 9.17) is 23.7 Å². The number of nitrogens with zero attached hydrogens (tertiary/aromatic N) is 1.